The van der Waals surface area contributed by atoms with Crippen LogP contribution >= 0.6 is 0 Å². The second-order valence-corrected chi connectivity index (χ2v) is 5.55. The molecule has 1 amide bonds. The molecule has 2 heterocycles. The minimum atomic E-state index is -0.727. The summed E-state index contributed by atoms with van der Waals surface area (Å²) in [4.78, 5) is 25.3. The fraction of sp³-hybridized carbons (Fsp3) is 0.467. The summed E-state index contributed by atoms with van der Waals surface area (Å²) in [6.45, 7) is 3.87. The summed E-state index contributed by atoms with van der Waals surface area (Å²) in [5, 5.41) is 0. The van der Waals surface area contributed by atoms with Gasteiger partial charge in [-0.25, -0.2) is 0 Å². The van der Waals surface area contributed by atoms with Gasteiger partial charge in [-0.05, 0) is 38.1 Å². The van der Waals surface area contributed by atoms with Crippen molar-refractivity contribution in [3.63, 3.8) is 0 Å². The molecule has 0 radical (unpaired) electrons. The van der Waals surface area contributed by atoms with Gasteiger partial charge in [0.2, 0.25) is 5.78 Å². The average Bonchev–Trinajstić information content (AvgIpc) is 2.83. The van der Waals surface area contributed by atoms with Crippen molar-refractivity contribution in [2.45, 2.75) is 31.8 Å². The van der Waals surface area contributed by atoms with E-state index in [1.165, 1.54) is 4.90 Å². The summed E-state index contributed by atoms with van der Waals surface area (Å²) in [6, 6.07) is 6.37. The molecule has 0 aromatic heterocycles. The lowest BCUT2D eigenvalue weighted by Gasteiger charge is -2.41. The van der Waals surface area contributed by atoms with Crippen LogP contribution < -0.4 is 9.64 Å². The maximum Gasteiger partial charge on any atom is 0.297 e. The third-order valence-corrected chi connectivity index (χ3v) is 3.71. The first-order valence-electron chi connectivity index (χ1n) is 6.76. The summed E-state index contributed by atoms with van der Waals surface area (Å²) >= 11 is 0. The number of amides is 1. The van der Waals surface area contributed by atoms with E-state index in [0.29, 0.717) is 18.0 Å². The highest BCUT2D eigenvalue weighted by Gasteiger charge is 2.54. The summed E-state index contributed by atoms with van der Waals surface area (Å²) < 4.78 is 16.3. The number of carbonyl (C=O) groups excluding carboxylic acids is 2. The minimum absolute atomic E-state index is 0.295. The molecular weight excluding hydrogens is 274 g/mol. The molecule has 6 heteroatoms. The third-order valence-electron chi connectivity index (χ3n) is 3.71. The standard InChI is InChI=1S/C15H17NO5/c1-15(2)20-8-11(21-15)12-13(17)14(18)16(12)9-4-6-10(19-3)7-5-9/h4-7,11-12H,8H2,1-3H3/t11-,12+/m1/s1. The zero-order valence-electron chi connectivity index (χ0n) is 12.2. The van der Waals surface area contributed by atoms with Crippen LogP contribution in [0.4, 0.5) is 5.69 Å². The lowest BCUT2D eigenvalue weighted by atomic mass is 9.93. The predicted molar refractivity (Wildman–Crippen MR) is 74.2 cm³/mol. The van der Waals surface area contributed by atoms with Crippen molar-refractivity contribution in [2.75, 3.05) is 18.6 Å². The molecule has 6 nitrogen and oxygen atoms in total. The Morgan fingerprint density at radius 3 is 2.43 bits per heavy atom. The van der Waals surface area contributed by atoms with E-state index in [1.54, 1.807) is 45.2 Å². The molecule has 1 aromatic rings. The van der Waals surface area contributed by atoms with Crippen LogP contribution in [0.15, 0.2) is 24.3 Å². The van der Waals surface area contributed by atoms with Gasteiger partial charge in [0.15, 0.2) is 5.79 Å². The molecule has 0 aliphatic carbocycles. The van der Waals surface area contributed by atoms with Crippen LogP contribution in [0.25, 0.3) is 0 Å². The lowest BCUT2D eigenvalue weighted by Crippen LogP contribution is -2.67. The summed E-state index contributed by atoms with van der Waals surface area (Å²) in [6.07, 6.45) is -0.438. The Hall–Kier alpha value is -1.92. The number of β-lactam (4-membered cyclic amide) rings is 1. The van der Waals surface area contributed by atoms with Crippen LogP contribution in [0.5, 0.6) is 5.75 Å². The summed E-state index contributed by atoms with van der Waals surface area (Å²) in [7, 11) is 1.57. The van der Waals surface area contributed by atoms with Crippen molar-refractivity contribution in [3.05, 3.63) is 24.3 Å². The third kappa shape index (κ3) is 2.30. The monoisotopic (exact) mass is 291 g/mol. The predicted octanol–water partition coefficient (Wildman–Crippen LogP) is 1.13. The van der Waals surface area contributed by atoms with Crippen molar-refractivity contribution >= 4 is 17.4 Å². The molecule has 1 aromatic carbocycles. The van der Waals surface area contributed by atoms with Gasteiger partial charge in [-0.3, -0.25) is 14.5 Å². The largest absolute Gasteiger partial charge is 0.497 e. The fourth-order valence-corrected chi connectivity index (χ4v) is 2.65. The maximum atomic E-state index is 11.9. The van der Waals surface area contributed by atoms with Gasteiger partial charge in [0.1, 0.15) is 17.9 Å². The minimum Gasteiger partial charge on any atom is -0.497 e. The van der Waals surface area contributed by atoms with E-state index in [1.807, 2.05) is 0 Å². The number of carbonyl (C=O) groups is 2. The second-order valence-electron chi connectivity index (χ2n) is 5.55. The number of methoxy groups -OCH3 is 1. The van der Waals surface area contributed by atoms with Crippen LogP contribution in [0.3, 0.4) is 0 Å². The molecule has 2 atom stereocenters. The number of benzene rings is 1. The van der Waals surface area contributed by atoms with E-state index in [-0.39, 0.29) is 0 Å². The molecule has 2 saturated heterocycles. The van der Waals surface area contributed by atoms with E-state index in [0.717, 1.165) is 0 Å². The number of anilines is 1. The number of Topliss-reactive ketones (excluding diaryl/α,β-unsaturated/α-hetero) is 1. The topological polar surface area (TPSA) is 65.1 Å². The fourth-order valence-electron chi connectivity index (χ4n) is 2.65. The number of ketones is 1. The molecule has 3 rings (SSSR count). The van der Waals surface area contributed by atoms with Gasteiger partial charge in [-0.2, -0.15) is 0 Å². The van der Waals surface area contributed by atoms with Gasteiger partial charge in [0.05, 0.1) is 13.7 Å². The van der Waals surface area contributed by atoms with Crippen LogP contribution in [0.2, 0.25) is 0 Å². The highest BCUT2D eigenvalue weighted by molar-refractivity contribution is 6.52. The van der Waals surface area contributed by atoms with Gasteiger partial charge in [-0.15, -0.1) is 0 Å². The Kier molecular flexibility index (Phi) is 3.22. The van der Waals surface area contributed by atoms with E-state index in [4.69, 9.17) is 14.2 Å². The zero-order chi connectivity index (χ0) is 15.2. The Balaban J connectivity index is 1.83. The highest BCUT2D eigenvalue weighted by atomic mass is 16.7. The van der Waals surface area contributed by atoms with Crippen LogP contribution in [0.1, 0.15) is 13.8 Å². The molecule has 0 N–H and O–H groups in total. The molecule has 2 fully saturated rings. The highest BCUT2D eigenvalue weighted by Crippen LogP contribution is 2.34. The lowest BCUT2D eigenvalue weighted by molar-refractivity contribution is -0.156. The van der Waals surface area contributed by atoms with Crippen LogP contribution in [-0.4, -0.2) is 43.3 Å². The average molecular weight is 291 g/mol. The van der Waals surface area contributed by atoms with Gasteiger partial charge < -0.3 is 14.2 Å². The van der Waals surface area contributed by atoms with Gasteiger partial charge >= 0.3 is 0 Å². The van der Waals surface area contributed by atoms with E-state index in [2.05, 4.69) is 0 Å². The molecular formula is C15H17NO5. The van der Waals surface area contributed by atoms with E-state index in [9.17, 15) is 9.59 Å². The summed E-state index contributed by atoms with van der Waals surface area (Å²) in [5.41, 5.74) is 0.652. The van der Waals surface area contributed by atoms with Crippen molar-refractivity contribution in [1.82, 2.24) is 0 Å². The normalized spacial score (nSPS) is 27.7. The quantitative estimate of drug-likeness (QED) is 0.617. The smallest absolute Gasteiger partial charge is 0.297 e. The van der Waals surface area contributed by atoms with E-state index >= 15 is 0 Å². The number of hydrogen-bond donors (Lipinski definition) is 0. The molecule has 0 bridgehead atoms. The first-order chi connectivity index (χ1) is 9.93. The van der Waals surface area contributed by atoms with Gasteiger partial charge in [0.25, 0.3) is 5.91 Å². The molecule has 0 saturated carbocycles. The molecule has 2 aliphatic heterocycles. The number of hydrogen-bond acceptors (Lipinski definition) is 5. The Labute approximate surface area is 122 Å². The molecule has 2 aliphatic rings. The van der Waals surface area contributed by atoms with Gasteiger partial charge in [0, 0.05) is 5.69 Å². The zero-order valence-corrected chi connectivity index (χ0v) is 12.2. The van der Waals surface area contributed by atoms with Crippen molar-refractivity contribution in [3.8, 4) is 5.75 Å². The molecule has 0 unspecified atom stereocenters. The van der Waals surface area contributed by atoms with Crippen LogP contribution in [-0.2, 0) is 19.1 Å². The van der Waals surface area contributed by atoms with E-state index < -0.39 is 29.6 Å². The first-order valence-corrected chi connectivity index (χ1v) is 6.76. The Morgan fingerprint density at radius 2 is 1.90 bits per heavy atom. The van der Waals surface area contributed by atoms with Crippen molar-refractivity contribution in [1.29, 1.82) is 0 Å². The van der Waals surface area contributed by atoms with Crippen molar-refractivity contribution < 1.29 is 23.8 Å². The second kappa shape index (κ2) is 4.82. The Morgan fingerprint density at radius 1 is 1.24 bits per heavy atom. The van der Waals surface area contributed by atoms with Crippen LogP contribution in [0, 0.1) is 0 Å². The van der Waals surface area contributed by atoms with Crippen molar-refractivity contribution in [2.24, 2.45) is 0 Å². The molecule has 21 heavy (non-hydrogen) atoms. The number of ether oxygens (including phenoxy) is 3. The number of nitrogens with zero attached hydrogens (tertiary/aromatic N) is 1. The Bertz CT molecular complexity index is 580. The SMILES string of the molecule is COc1ccc(N2C(=O)C(=O)[C@@H]2[C@H]2COC(C)(C)O2)cc1. The maximum absolute atomic E-state index is 11.9. The number of rotatable bonds is 3. The van der Waals surface area contributed by atoms with Gasteiger partial charge in [-0.1, -0.05) is 0 Å². The first kappa shape index (κ1) is 14.0. The molecule has 112 valence electrons. The summed E-state index contributed by atoms with van der Waals surface area (Å²) in [5.74, 6) is -0.985. The molecule has 0 spiro atoms.